The molecule has 0 saturated heterocycles. The van der Waals surface area contributed by atoms with Crippen molar-refractivity contribution in [1.29, 1.82) is 0 Å². The third-order valence-electron chi connectivity index (χ3n) is 1.16. The van der Waals surface area contributed by atoms with Crippen LogP contribution in [0.1, 0.15) is 20.3 Å². The van der Waals surface area contributed by atoms with Crippen molar-refractivity contribution in [2.75, 3.05) is 12.3 Å². The summed E-state index contributed by atoms with van der Waals surface area (Å²) in [5, 5.41) is 2.79. The summed E-state index contributed by atoms with van der Waals surface area (Å²) in [6, 6.07) is 0. The molecule has 0 heterocycles. The van der Waals surface area contributed by atoms with Gasteiger partial charge in [-0.2, -0.15) is 12.6 Å². The molecule has 2 nitrogen and oxygen atoms in total. The summed E-state index contributed by atoms with van der Waals surface area (Å²) in [4.78, 5) is 11.2. The molecular formula is C7H14BrNOS. The first-order valence-electron chi connectivity index (χ1n) is 3.56. The monoisotopic (exact) mass is 239 g/mol. The molecule has 0 atom stereocenters. The van der Waals surface area contributed by atoms with E-state index < -0.39 is 4.32 Å². The van der Waals surface area contributed by atoms with Crippen molar-refractivity contribution >= 4 is 34.5 Å². The van der Waals surface area contributed by atoms with Gasteiger partial charge in [0.25, 0.3) is 0 Å². The van der Waals surface area contributed by atoms with Crippen LogP contribution in [0, 0.1) is 0 Å². The molecule has 0 radical (unpaired) electrons. The predicted octanol–water partition coefficient (Wildman–Crippen LogP) is 1.60. The molecule has 11 heavy (non-hydrogen) atoms. The average Bonchev–Trinajstić information content (AvgIpc) is 1.86. The number of carbonyl (C=O) groups is 1. The molecule has 0 unspecified atom stereocenters. The van der Waals surface area contributed by atoms with E-state index in [9.17, 15) is 4.79 Å². The van der Waals surface area contributed by atoms with Crippen LogP contribution in [0.5, 0.6) is 0 Å². The van der Waals surface area contributed by atoms with E-state index in [-0.39, 0.29) is 5.91 Å². The molecule has 0 aromatic heterocycles. The Hall–Kier alpha value is 0.300. The highest BCUT2D eigenvalue weighted by Crippen LogP contribution is 2.14. The zero-order valence-electron chi connectivity index (χ0n) is 6.85. The van der Waals surface area contributed by atoms with Gasteiger partial charge in [-0.15, -0.1) is 0 Å². The number of thiol groups is 1. The second kappa shape index (κ2) is 5.04. The largest absolute Gasteiger partial charge is 0.355 e. The van der Waals surface area contributed by atoms with Gasteiger partial charge in [0.15, 0.2) is 0 Å². The number of halogens is 1. The molecule has 0 aromatic carbocycles. The van der Waals surface area contributed by atoms with Crippen LogP contribution >= 0.6 is 28.6 Å². The SMILES string of the molecule is CC(C)(Br)C(=O)NCCCS. The number of amides is 1. The van der Waals surface area contributed by atoms with Crippen LogP contribution in [0.25, 0.3) is 0 Å². The topological polar surface area (TPSA) is 29.1 Å². The molecule has 66 valence electrons. The molecular weight excluding hydrogens is 226 g/mol. The summed E-state index contributed by atoms with van der Waals surface area (Å²) >= 11 is 7.30. The Morgan fingerprint density at radius 3 is 2.55 bits per heavy atom. The van der Waals surface area contributed by atoms with E-state index in [0.29, 0.717) is 6.54 Å². The van der Waals surface area contributed by atoms with E-state index in [1.807, 2.05) is 13.8 Å². The highest BCUT2D eigenvalue weighted by molar-refractivity contribution is 9.10. The Labute approximate surface area is 81.7 Å². The van der Waals surface area contributed by atoms with Crippen LogP contribution in [0.4, 0.5) is 0 Å². The lowest BCUT2D eigenvalue weighted by atomic mass is 10.2. The summed E-state index contributed by atoms with van der Waals surface area (Å²) in [5.74, 6) is 0.836. The van der Waals surface area contributed by atoms with Crippen molar-refractivity contribution in [3.63, 3.8) is 0 Å². The minimum absolute atomic E-state index is 0.0271. The van der Waals surface area contributed by atoms with Gasteiger partial charge >= 0.3 is 0 Å². The van der Waals surface area contributed by atoms with Gasteiger partial charge in [-0.05, 0) is 26.0 Å². The minimum atomic E-state index is -0.455. The Bertz CT molecular complexity index is 133. The van der Waals surface area contributed by atoms with Crippen LogP contribution in [0.15, 0.2) is 0 Å². The maximum absolute atomic E-state index is 11.2. The molecule has 0 bridgehead atoms. The van der Waals surface area contributed by atoms with E-state index in [1.165, 1.54) is 0 Å². The van der Waals surface area contributed by atoms with Crippen LogP contribution in [0.2, 0.25) is 0 Å². The second-order valence-electron chi connectivity index (χ2n) is 2.81. The van der Waals surface area contributed by atoms with Gasteiger partial charge in [-0.3, -0.25) is 4.79 Å². The normalized spacial score (nSPS) is 11.3. The Morgan fingerprint density at radius 1 is 1.64 bits per heavy atom. The standard InChI is InChI=1S/C7H14BrNOS/c1-7(2,8)6(10)9-4-3-5-11/h11H,3-5H2,1-2H3,(H,9,10). The molecule has 0 aliphatic rings. The highest BCUT2D eigenvalue weighted by atomic mass is 79.9. The fourth-order valence-electron chi connectivity index (χ4n) is 0.491. The predicted molar refractivity (Wildman–Crippen MR) is 54.5 cm³/mol. The molecule has 1 amide bonds. The first-order valence-corrected chi connectivity index (χ1v) is 4.99. The average molecular weight is 240 g/mol. The summed E-state index contributed by atoms with van der Waals surface area (Å²) < 4.78 is -0.455. The fraction of sp³-hybridized carbons (Fsp3) is 0.857. The number of carbonyl (C=O) groups excluding carboxylic acids is 1. The lowest BCUT2D eigenvalue weighted by Gasteiger charge is -2.15. The van der Waals surface area contributed by atoms with Crippen molar-refractivity contribution in [3.05, 3.63) is 0 Å². The first-order chi connectivity index (χ1) is 4.98. The van der Waals surface area contributed by atoms with Gasteiger partial charge < -0.3 is 5.32 Å². The van der Waals surface area contributed by atoms with Crippen LogP contribution in [-0.4, -0.2) is 22.5 Å². The molecule has 0 aliphatic carbocycles. The highest BCUT2D eigenvalue weighted by Gasteiger charge is 2.22. The number of hydrogen-bond donors (Lipinski definition) is 2. The number of rotatable bonds is 4. The molecule has 0 rings (SSSR count). The lowest BCUT2D eigenvalue weighted by molar-refractivity contribution is -0.122. The Kier molecular flexibility index (Phi) is 5.17. The van der Waals surface area contributed by atoms with Crippen molar-refractivity contribution in [1.82, 2.24) is 5.32 Å². The summed E-state index contributed by atoms with van der Waals surface area (Å²) in [7, 11) is 0. The van der Waals surface area contributed by atoms with Crippen LogP contribution in [0.3, 0.4) is 0 Å². The maximum atomic E-state index is 11.2. The van der Waals surface area contributed by atoms with E-state index in [1.54, 1.807) is 0 Å². The van der Waals surface area contributed by atoms with Crippen molar-refractivity contribution in [3.8, 4) is 0 Å². The molecule has 0 aliphatic heterocycles. The smallest absolute Gasteiger partial charge is 0.236 e. The molecule has 0 aromatic rings. The summed E-state index contributed by atoms with van der Waals surface area (Å²) in [5.41, 5.74) is 0. The van der Waals surface area contributed by atoms with Gasteiger partial charge in [0.2, 0.25) is 5.91 Å². The number of nitrogens with one attached hydrogen (secondary N) is 1. The summed E-state index contributed by atoms with van der Waals surface area (Å²) in [6.07, 6.45) is 0.915. The van der Waals surface area contributed by atoms with Crippen molar-refractivity contribution in [2.24, 2.45) is 0 Å². The van der Waals surface area contributed by atoms with E-state index >= 15 is 0 Å². The minimum Gasteiger partial charge on any atom is -0.355 e. The first kappa shape index (κ1) is 11.3. The quantitative estimate of drug-likeness (QED) is 0.436. The molecule has 0 fully saturated rings. The van der Waals surface area contributed by atoms with Gasteiger partial charge in [0, 0.05) is 6.54 Å². The van der Waals surface area contributed by atoms with E-state index in [4.69, 9.17) is 0 Å². The zero-order valence-corrected chi connectivity index (χ0v) is 9.34. The van der Waals surface area contributed by atoms with Crippen molar-refractivity contribution in [2.45, 2.75) is 24.6 Å². The van der Waals surface area contributed by atoms with Crippen molar-refractivity contribution < 1.29 is 4.79 Å². The van der Waals surface area contributed by atoms with E-state index in [2.05, 4.69) is 33.9 Å². The third kappa shape index (κ3) is 5.56. The zero-order chi connectivity index (χ0) is 8.91. The molecule has 0 saturated carbocycles. The van der Waals surface area contributed by atoms with E-state index in [0.717, 1.165) is 12.2 Å². The fourth-order valence-corrected chi connectivity index (χ4v) is 0.789. The van der Waals surface area contributed by atoms with Crippen LogP contribution in [-0.2, 0) is 4.79 Å². The van der Waals surface area contributed by atoms with Gasteiger partial charge in [0.1, 0.15) is 0 Å². The number of alkyl halides is 1. The molecule has 4 heteroatoms. The van der Waals surface area contributed by atoms with Crippen LogP contribution < -0.4 is 5.32 Å². The Balaban J connectivity index is 3.54. The summed E-state index contributed by atoms with van der Waals surface area (Å²) in [6.45, 7) is 4.35. The van der Waals surface area contributed by atoms with Gasteiger partial charge in [0.05, 0.1) is 4.32 Å². The third-order valence-corrected chi connectivity index (χ3v) is 1.84. The second-order valence-corrected chi connectivity index (χ2v) is 5.24. The maximum Gasteiger partial charge on any atom is 0.236 e. The van der Waals surface area contributed by atoms with Gasteiger partial charge in [-0.25, -0.2) is 0 Å². The molecule has 0 spiro atoms. The molecule has 1 N–H and O–H groups in total. The van der Waals surface area contributed by atoms with Gasteiger partial charge in [-0.1, -0.05) is 15.9 Å². The Morgan fingerprint density at radius 2 is 2.18 bits per heavy atom. The number of hydrogen-bond acceptors (Lipinski definition) is 2. The lowest BCUT2D eigenvalue weighted by Crippen LogP contribution is -2.38.